The Kier molecular flexibility index (Phi) is 4.98. The Balaban J connectivity index is 1.68. The summed E-state index contributed by atoms with van der Waals surface area (Å²) in [6.45, 7) is 6.35. The van der Waals surface area contributed by atoms with Crippen LogP contribution in [0.4, 0.5) is 0 Å². The van der Waals surface area contributed by atoms with Gasteiger partial charge in [0.05, 0.1) is 26.0 Å². The summed E-state index contributed by atoms with van der Waals surface area (Å²) in [6, 6.07) is 10.3. The van der Waals surface area contributed by atoms with E-state index in [4.69, 9.17) is 9.47 Å². The van der Waals surface area contributed by atoms with Crippen LogP contribution in [-0.4, -0.2) is 37.4 Å². The molecule has 0 N–H and O–H groups in total. The van der Waals surface area contributed by atoms with E-state index in [0.29, 0.717) is 19.4 Å². The van der Waals surface area contributed by atoms with Crippen molar-refractivity contribution in [3.63, 3.8) is 0 Å². The average Bonchev–Trinajstić information content (AvgIpc) is 2.40. The molecule has 17 heavy (non-hydrogen) atoms. The summed E-state index contributed by atoms with van der Waals surface area (Å²) in [6.07, 6.45) is 1.46. The molecular weight excluding hydrogens is 214 g/mol. The molecule has 0 spiro atoms. The summed E-state index contributed by atoms with van der Waals surface area (Å²) in [5, 5.41) is 0. The second kappa shape index (κ2) is 6.74. The van der Waals surface area contributed by atoms with Crippen molar-refractivity contribution in [2.24, 2.45) is 0 Å². The molecule has 1 aromatic rings. The highest BCUT2D eigenvalue weighted by Gasteiger charge is 2.18. The summed E-state index contributed by atoms with van der Waals surface area (Å²) >= 11 is 0. The Morgan fingerprint density at radius 1 is 1.35 bits per heavy atom. The molecule has 1 atom stereocenters. The normalized spacial score (nSPS) is 21.6. The fourth-order valence-corrected chi connectivity index (χ4v) is 2.01. The highest BCUT2D eigenvalue weighted by Crippen LogP contribution is 2.08. The van der Waals surface area contributed by atoms with E-state index >= 15 is 0 Å². The van der Waals surface area contributed by atoms with Gasteiger partial charge in [0.25, 0.3) is 0 Å². The lowest BCUT2D eigenvalue weighted by Crippen LogP contribution is -2.43. The molecule has 0 amide bonds. The van der Waals surface area contributed by atoms with Crippen LogP contribution in [0.3, 0.4) is 0 Å². The molecule has 3 heteroatoms. The van der Waals surface area contributed by atoms with Crippen molar-refractivity contribution in [1.82, 2.24) is 4.90 Å². The third kappa shape index (κ3) is 4.11. The lowest BCUT2D eigenvalue weighted by Gasteiger charge is -2.32. The molecule has 0 bridgehead atoms. The third-order valence-electron chi connectivity index (χ3n) is 3.06. The maximum absolute atomic E-state index is 5.72. The van der Waals surface area contributed by atoms with Crippen molar-refractivity contribution in [3.05, 3.63) is 35.9 Å². The van der Waals surface area contributed by atoms with Crippen LogP contribution in [0.1, 0.15) is 18.9 Å². The van der Waals surface area contributed by atoms with E-state index < -0.39 is 0 Å². The molecule has 1 aliphatic rings. The first-order chi connectivity index (χ1) is 8.38. The van der Waals surface area contributed by atoms with Crippen molar-refractivity contribution >= 4 is 0 Å². The van der Waals surface area contributed by atoms with E-state index in [0.717, 1.165) is 26.1 Å². The number of nitrogens with zero attached hydrogens (tertiary/aromatic N) is 1. The molecule has 1 fully saturated rings. The minimum absolute atomic E-state index is 0.379. The van der Waals surface area contributed by atoms with Gasteiger partial charge in [-0.25, -0.2) is 0 Å². The van der Waals surface area contributed by atoms with Crippen molar-refractivity contribution in [2.45, 2.75) is 26.1 Å². The van der Waals surface area contributed by atoms with Crippen molar-refractivity contribution in [1.29, 1.82) is 0 Å². The Morgan fingerprint density at radius 3 is 2.94 bits per heavy atom. The molecular formula is C14H21NO2. The van der Waals surface area contributed by atoms with Crippen LogP contribution >= 0.6 is 0 Å². The second-order valence-corrected chi connectivity index (χ2v) is 4.44. The largest absolute Gasteiger partial charge is 0.376 e. The number of ether oxygens (including phenoxy) is 2. The van der Waals surface area contributed by atoms with Gasteiger partial charge in [-0.15, -0.1) is 0 Å². The van der Waals surface area contributed by atoms with Gasteiger partial charge in [-0.05, 0) is 12.0 Å². The standard InChI is InChI=1S/C14H21NO2/c1-2-14-10-15(8-9-17-14)12-16-11-13-6-4-3-5-7-13/h3-7,14H,2,8-12H2,1H3. The lowest BCUT2D eigenvalue weighted by molar-refractivity contribution is -0.0753. The number of rotatable bonds is 5. The van der Waals surface area contributed by atoms with Gasteiger partial charge in [-0.1, -0.05) is 37.3 Å². The van der Waals surface area contributed by atoms with Crippen LogP contribution in [0.25, 0.3) is 0 Å². The van der Waals surface area contributed by atoms with E-state index in [1.54, 1.807) is 0 Å². The van der Waals surface area contributed by atoms with Crippen molar-refractivity contribution in [3.8, 4) is 0 Å². The van der Waals surface area contributed by atoms with Gasteiger partial charge in [0.2, 0.25) is 0 Å². The second-order valence-electron chi connectivity index (χ2n) is 4.44. The maximum Gasteiger partial charge on any atom is 0.0996 e. The summed E-state index contributed by atoms with van der Waals surface area (Å²) in [5.41, 5.74) is 1.23. The van der Waals surface area contributed by atoms with Gasteiger partial charge in [0, 0.05) is 13.1 Å². The van der Waals surface area contributed by atoms with Crippen LogP contribution in [0.2, 0.25) is 0 Å². The van der Waals surface area contributed by atoms with Gasteiger partial charge >= 0.3 is 0 Å². The summed E-state index contributed by atoms with van der Waals surface area (Å²) in [4.78, 5) is 2.32. The fraction of sp³-hybridized carbons (Fsp3) is 0.571. The Bertz CT molecular complexity index is 315. The van der Waals surface area contributed by atoms with E-state index in [9.17, 15) is 0 Å². The van der Waals surface area contributed by atoms with Crippen molar-refractivity contribution in [2.75, 3.05) is 26.4 Å². The molecule has 0 aromatic heterocycles. The molecule has 1 aliphatic heterocycles. The van der Waals surface area contributed by atoms with Gasteiger partial charge < -0.3 is 9.47 Å². The van der Waals surface area contributed by atoms with Crippen LogP contribution in [0, 0.1) is 0 Å². The highest BCUT2D eigenvalue weighted by molar-refractivity contribution is 5.13. The molecule has 2 rings (SSSR count). The van der Waals surface area contributed by atoms with Crippen LogP contribution in [0.5, 0.6) is 0 Å². The van der Waals surface area contributed by atoms with Gasteiger partial charge in [0.15, 0.2) is 0 Å². The third-order valence-corrected chi connectivity index (χ3v) is 3.06. The number of hydrogen-bond acceptors (Lipinski definition) is 3. The lowest BCUT2D eigenvalue weighted by atomic mass is 10.2. The monoisotopic (exact) mass is 235 g/mol. The molecule has 94 valence electrons. The topological polar surface area (TPSA) is 21.7 Å². The zero-order valence-corrected chi connectivity index (χ0v) is 10.5. The molecule has 0 saturated carbocycles. The molecule has 1 unspecified atom stereocenters. The molecule has 1 saturated heterocycles. The zero-order chi connectivity index (χ0) is 11.9. The molecule has 3 nitrogen and oxygen atoms in total. The van der Waals surface area contributed by atoms with Crippen LogP contribution < -0.4 is 0 Å². The van der Waals surface area contributed by atoms with Gasteiger partial charge in [-0.2, -0.15) is 0 Å². The van der Waals surface area contributed by atoms with E-state index in [1.807, 2.05) is 18.2 Å². The minimum atomic E-state index is 0.379. The first-order valence-corrected chi connectivity index (χ1v) is 6.34. The van der Waals surface area contributed by atoms with Crippen LogP contribution in [-0.2, 0) is 16.1 Å². The predicted molar refractivity (Wildman–Crippen MR) is 67.7 cm³/mol. The quantitative estimate of drug-likeness (QED) is 0.781. The zero-order valence-electron chi connectivity index (χ0n) is 10.5. The number of benzene rings is 1. The highest BCUT2D eigenvalue weighted by atomic mass is 16.5. The maximum atomic E-state index is 5.72. The number of hydrogen-bond donors (Lipinski definition) is 0. The SMILES string of the molecule is CCC1CN(COCc2ccccc2)CCO1. The fourth-order valence-electron chi connectivity index (χ4n) is 2.01. The van der Waals surface area contributed by atoms with E-state index in [-0.39, 0.29) is 0 Å². The van der Waals surface area contributed by atoms with E-state index in [1.165, 1.54) is 5.56 Å². The first kappa shape index (κ1) is 12.6. The first-order valence-electron chi connectivity index (χ1n) is 6.34. The Hall–Kier alpha value is -0.900. The van der Waals surface area contributed by atoms with E-state index in [2.05, 4.69) is 24.0 Å². The summed E-state index contributed by atoms with van der Waals surface area (Å²) in [7, 11) is 0. The van der Waals surface area contributed by atoms with Gasteiger partial charge in [-0.3, -0.25) is 4.90 Å². The molecule has 1 aromatic carbocycles. The Morgan fingerprint density at radius 2 is 2.18 bits per heavy atom. The molecule has 0 radical (unpaired) electrons. The summed E-state index contributed by atoms with van der Waals surface area (Å²) < 4.78 is 11.3. The Labute approximate surface area is 103 Å². The molecule has 1 heterocycles. The average molecular weight is 235 g/mol. The van der Waals surface area contributed by atoms with Crippen LogP contribution in [0.15, 0.2) is 30.3 Å². The van der Waals surface area contributed by atoms with Crippen molar-refractivity contribution < 1.29 is 9.47 Å². The molecule has 0 aliphatic carbocycles. The number of morpholine rings is 1. The van der Waals surface area contributed by atoms with Gasteiger partial charge in [0.1, 0.15) is 0 Å². The minimum Gasteiger partial charge on any atom is -0.376 e. The predicted octanol–water partition coefficient (Wildman–Crippen LogP) is 2.27. The summed E-state index contributed by atoms with van der Waals surface area (Å²) in [5.74, 6) is 0. The smallest absolute Gasteiger partial charge is 0.0996 e.